The van der Waals surface area contributed by atoms with Gasteiger partial charge in [0.25, 0.3) is 0 Å². The van der Waals surface area contributed by atoms with Crippen LogP contribution in [0.15, 0.2) is 174 Å². The molecule has 1 unspecified atom stereocenters. The van der Waals surface area contributed by atoms with Crippen LogP contribution in [0.1, 0.15) is 34.9 Å². The fourth-order valence-electron chi connectivity index (χ4n) is 7.66. The molecule has 4 heteroatoms. The van der Waals surface area contributed by atoms with Gasteiger partial charge in [0.2, 0.25) is 0 Å². The first-order chi connectivity index (χ1) is 25.3. The highest BCUT2D eigenvalue weighted by atomic mass is 16.3. The molecule has 7 aromatic carbocycles. The predicted molar refractivity (Wildman–Crippen MR) is 207 cm³/mol. The van der Waals surface area contributed by atoms with E-state index in [9.17, 15) is 0 Å². The SMILES string of the molecule is C1=C(c2nc(-c3ccccc3)nc(-c3ccc(-c4ccc5ccccc5c4)c4oc5ccccc5c34)n2)c2ccccc2C(c2ccccc2)C1. The summed E-state index contributed by atoms with van der Waals surface area (Å²) >= 11 is 0. The van der Waals surface area contributed by atoms with Crippen LogP contribution < -0.4 is 0 Å². The Balaban J connectivity index is 1.19. The van der Waals surface area contributed by atoms with Crippen LogP contribution in [-0.2, 0) is 0 Å². The third kappa shape index (κ3) is 5.03. The van der Waals surface area contributed by atoms with E-state index in [1.54, 1.807) is 0 Å². The molecule has 1 atom stereocenters. The first-order valence-electron chi connectivity index (χ1n) is 17.4. The summed E-state index contributed by atoms with van der Waals surface area (Å²) in [6.07, 6.45) is 3.16. The number of hydrogen-bond acceptors (Lipinski definition) is 4. The summed E-state index contributed by atoms with van der Waals surface area (Å²) < 4.78 is 6.69. The van der Waals surface area contributed by atoms with E-state index >= 15 is 0 Å². The monoisotopic (exact) mass is 653 g/mol. The quantitative estimate of drug-likeness (QED) is 0.185. The molecule has 10 rings (SSSR count). The molecule has 2 aromatic heterocycles. The van der Waals surface area contributed by atoms with Crippen molar-refractivity contribution in [2.75, 3.05) is 0 Å². The minimum atomic E-state index is 0.264. The molecule has 240 valence electrons. The van der Waals surface area contributed by atoms with Crippen molar-refractivity contribution in [3.8, 4) is 33.9 Å². The van der Waals surface area contributed by atoms with Crippen molar-refractivity contribution < 1.29 is 4.42 Å². The van der Waals surface area contributed by atoms with E-state index in [2.05, 4.69) is 140 Å². The molecule has 1 aliphatic carbocycles. The molecule has 9 aromatic rings. The van der Waals surface area contributed by atoms with Crippen molar-refractivity contribution in [2.45, 2.75) is 12.3 Å². The van der Waals surface area contributed by atoms with Crippen LogP contribution in [-0.4, -0.2) is 15.0 Å². The molecule has 0 fully saturated rings. The normalized spacial score (nSPS) is 14.1. The Morgan fingerprint density at radius 3 is 2.06 bits per heavy atom. The van der Waals surface area contributed by atoms with Crippen LogP contribution >= 0.6 is 0 Å². The number of aromatic nitrogens is 3. The van der Waals surface area contributed by atoms with Gasteiger partial charge in [-0.1, -0.05) is 146 Å². The Labute approximate surface area is 295 Å². The van der Waals surface area contributed by atoms with Crippen LogP contribution in [0.2, 0.25) is 0 Å². The second-order valence-corrected chi connectivity index (χ2v) is 13.1. The minimum absolute atomic E-state index is 0.264. The van der Waals surface area contributed by atoms with Gasteiger partial charge in [0.1, 0.15) is 11.2 Å². The molecule has 0 radical (unpaired) electrons. The second-order valence-electron chi connectivity index (χ2n) is 13.1. The second kappa shape index (κ2) is 12.0. The summed E-state index contributed by atoms with van der Waals surface area (Å²) in [6, 6.07) is 57.2. The lowest BCUT2D eigenvalue weighted by molar-refractivity contribution is 0.670. The van der Waals surface area contributed by atoms with Crippen molar-refractivity contribution in [1.29, 1.82) is 0 Å². The molecule has 4 nitrogen and oxygen atoms in total. The van der Waals surface area contributed by atoms with Gasteiger partial charge in [0.05, 0.1) is 0 Å². The van der Waals surface area contributed by atoms with E-state index in [0.29, 0.717) is 17.5 Å². The summed E-state index contributed by atoms with van der Waals surface area (Å²) in [4.78, 5) is 15.6. The molecule has 0 saturated heterocycles. The number of furan rings is 1. The zero-order valence-electron chi connectivity index (χ0n) is 27.7. The van der Waals surface area contributed by atoms with Gasteiger partial charge in [-0.3, -0.25) is 0 Å². The highest BCUT2D eigenvalue weighted by Gasteiger charge is 2.27. The number of hydrogen-bond donors (Lipinski definition) is 0. The molecule has 51 heavy (non-hydrogen) atoms. The van der Waals surface area contributed by atoms with Gasteiger partial charge in [-0.2, -0.15) is 0 Å². The van der Waals surface area contributed by atoms with Gasteiger partial charge in [-0.15, -0.1) is 0 Å². The van der Waals surface area contributed by atoms with Crippen LogP contribution in [0, 0.1) is 0 Å². The fourth-order valence-corrected chi connectivity index (χ4v) is 7.66. The molecule has 0 bridgehead atoms. The standard InChI is InChI=1S/C47H31N3O/c1-3-14-31(15-4-1)35-25-27-39(38-20-10-9-19-37(35)38)46-48-45(32-16-5-2-6-17-32)49-47(50-46)41-28-26-36(34-24-23-30-13-7-8-18-33(30)29-34)44-43(41)40-21-11-12-22-42(40)51-44/h1-24,26-29,35H,25H2. The van der Waals surface area contributed by atoms with Gasteiger partial charge < -0.3 is 4.42 Å². The number of nitrogens with zero attached hydrogens (tertiary/aromatic N) is 3. The third-order valence-corrected chi connectivity index (χ3v) is 10.1. The Bertz CT molecular complexity index is 2780. The topological polar surface area (TPSA) is 51.8 Å². The molecule has 0 amide bonds. The van der Waals surface area contributed by atoms with Crippen molar-refractivity contribution in [1.82, 2.24) is 15.0 Å². The molecule has 0 spiro atoms. The Kier molecular flexibility index (Phi) is 6.91. The molecule has 0 aliphatic heterocycles. The maximum absolute atomic E-state index is 6.69. The van der Waals surface area contributed by atoms with Gasteiger partial charge in [-0.05, 0) is 63.7 Å². The average Bonchev–Trinajstić information content (AvgIpc) is 3.60. The Morgan fingerprint density at radius 2 is 1.18 bits per heavy atom. The zero-order valence-corrected chi connectivity index (χ0v) is 27.7. The van der Waals surface area contributed by atoms with Gasteiger partial charge >= 0.3 is 0 Å². The number of fused-ring (bicyclic) bond motifs is 5. The molecule has 2 heterocycles. The predicted octanol–water partition coefficient (Wildman–Crippen LogP) is 11.9. The van der Waals surface area contributed by atoms with Crippen molar-refractivity contribution >= 4 is 38.3 Å². The van der Waals surface area contributed by atoms with E-state index < -0.39 is 0 Å². The van der Waals surface area contributed by atoms with Gasteiger partial charge in [0, 0.05) is 39.0 Å². The van der Waals surface area contributed by atoms with Gasteiger partial charge in [0.15, 0.2) is 17.5 Å². The lowest BCUT2D eigenvalue weighted by Gasteiger charge is -2.26. The maximum Gasteiger partial charge on any atom is 0.164 e. The van der Waals surface area contributed by atoms with Crippen molar-refractivity contribution in [2.24, 2.45) is 0 Å². The van der Waals surface area contributed by atoms with E-state index in [-0.39, 0.29) is 5.92 Å². The first-order valence-corrected chi connectivity index (χ1v) is 17.4. The number of rotatable bonds is 5. The first kappa shape index (κ1) is 29.3. The van der Waals surface area contributed by atoms with Crippen LogP contribution in [0.25, 0.3) is 72.2 Å². The maximum atomic E-state index is 6.69. The van der Waals surface area contributed by atoms with Crippen molar-refractivity contribution in [3.05, 3.63) is 192 Å². The molecular formula is C47H31N3O. The summed E-state index contributed by atoms with van der Waals surface area (Å²) in [5.41, 5.74) is 10.4. The van der Waals surface area contributed by atoms with E-state index in [0.717, 1.165) is 61.7 Å². The van der Waals surface area contributed by atoms with Gasteiger partial charge in [-0.25, -0.2) is 15.0 Å². The Morgan fingerprint density at radius 1 is 0.490 bits per heavy atom. The molecule has 0 saturated carbocycles. The summed E-state index contributed by atoms with van der Waals surface area (Å²) in [5, 5.41) is 4.42. The largest absolute Gasteiger partial charge is 0.455 e. The Hall–Kier alpha value is -6.65. The van der Waals surface area contributed by atoms with Crippen LogP contribution in [0.3, 0.4) is 0 Å². The number of para-hydroxylation sites is 1. The number of allylic oxidation sites excluding steroid dienone is 1. The smallest absolute Gasteiger partial charge is 0.164 e. The highest BCUT2D eigenvalue weighted by molar-refractivity contribution is 6.16. The lowest BCUT2D eigenvalue weighted by Crippen LogP contribution is -2.11. The van der Waals surface area contributed by atoms with E-state index in [1.807, 2.05) is 30.3 Å². The van der Waals surface area contributed by atoms with Crippen LogP contribution in [0.5, 0.6) is 0 Å². The third-order valence-electron chi connectivity index (χ3n) is 10.1. The molecule has 1 aliphatic rings. The lowest BCUT2D eigenvalue weighted by atomic mass is 9.79. The molecule has 0 N–H and O–H groups in total. The van der Waals surface area contributed by atoms with Crippen molar-refractivity contribution in [3.63, 3.8) is 0 Å². The highest BCUT2D eigenvalue weighted by Crippen LogP contribution is 2.44. The average molecular weight is 654 g/mol. The summed E-state index contributed by atoms with van der Waals surface area (Å²) in [6.45, 7) is 0. The van der Waals surface area contributed by atoms with E-state index in [4.69, 9.17) is 19.4 Å². The minimum Gasteiger partial charge on any atom is -0.455 e. The zero-order chi connectivity index (χ0) is 33.7. The number of benzene rings is 7. The molecular weight excluding hydrogens is 623 g/mol. The summed E-state index contributed by atoms with van der Waals surface area (Å²) in [5.74, 6) is 2.18. The fraction of sp³-hybridized carbons (Fsp3) is 0.0426. The summed E-state index contributed by atoms with van der Waals surface area (Å²) in [7, 11) is 0. The van der Waals surface area contributed by atoms with E-state index in [1.165, 1.54) is 21.9 Å². The van der Waals surface area contributed by atoms with Crippen LogP contribution in [0.4, 0.5) is 0 Å².